The van der Waals surface area contributed by atoms with Crippen LogP contribution in [-0.4, -0.2) is 17.1 Å². The van der Waals surface area contributed by atoms with Gasteiger partial charge in [-0.25, -0.2) is 4.98 Å². The van der Waals surface area contributed by atoms with Gasteiger partial charge >= 0.3 is 0 Å². The van der Waals surface area contributed by atoms with Crippen LogP contribution in [0.4, 0.5) is 0 Å². The lowest BCUT2D eigenvalue weighted by Gasteiger charge is -2.18. The zero-order valence-electron chi connectivity index (χ0n) is 9.35. The summed E-state index contributed by atoms with van der Waals surface area (Å²) in [6.07, 6.45) is 0. The summed E-state index contributed by atoms with van der Waals surface area (Å²) in [4.78, 5) is 18.8. The van der Waals surface area contributed by atoms with Crippen LogP contribution in [-0.2, 0) is 16.8 Å². The van der Waals surface area contributed by atoms with E-state index in [4.69, 9.17) is 4.74 Å². The van der Waals surface area contributed by atoms with Crippen molar-refractivity contribution in [3.63, 3.8) is 0 Å². The van der Waals surface area contributed by atoms with Gasteiger partial charge in [-0.1, -0.05) is 20.8 Å². The second-order valence-corrected chi connectivity index (χ2v) is 5.44. The molecule has 0 saturated carbocycles. The molecule has 1 aromatic rings. The molecule has 1 aromatic heterocycles. The predicted molar refractivity (Wildman–Crippen MR) is 67.0 cm³/mol. The molecule has 1 N–H and O–H groups in total. The smallest absolute Gasteiger partial charge is 0.264 e. The van der Waals surface area contributed by atoms with Crippen LogP contribution < -0.4 is 5.56 Å². The van der Waals surface area contributed by atoms with Gasteiger partial charge in [0, 0.05) is 12.5 Å². The summed E-state index contributed by atoms with van der Waals surface area (Å²) in [7, 11) is 1.59. The number of aromatic nitrogens is 2. The summed E-state index contributed by atoms with van der Waals surface area (Å²) < 4.78 is 5.61. The number of nitrogens with one attached hydrogen (secondary N) is 1. The van der Waals surface area contributed by atoms with E-state index in [9.17, 15) is 4.79 Å². The Morgan fingerprint density at radius 2 is 2.07 bits per heavy atom. The molecule has 0 aliphatic heterocycles. The Morgan fingerprint density at radius 1 is 1.47 bits per heavy atom. The number of H-pyrrole nitrogens is 1. The van der Waals surface area contributed by atoms with E-state index < -0.39 is 0 Å². The first-order valence-corrected chi connectivity index (χ1v) is 5.72. The van der Waals surface area contributed by atoms with Crippen molar-refractivity contribution >= 4 is 22.6 Å². The fraction of sp³-hybridized carbons (Fsp3) is 0.600. The molecule has 5 heteroatoms. The van der Waals surface area contributed by atoms with Gasteiger partial charge in [0.15, 0.2) is 0 Å². The Hall–Kier alpha value is -0.430. The van der Waals surface area contributed by atoms with Crippen molar-refractivity contribution in [1.82, 2.24) is 9.97 Å². The number of hydrogen-bond donors (Lipinski definition) is 1. The Balaban J connectivity index is 3.30. The maximum absolute atomic E-state index is 11.6. The molecular weight excluding hydrogens is 307 g/mol. The minimum atomic E-state index is -0.161. The van der Waals surface area contributed by atoms with Gasteiger partial charge in [-0.15, -0.1) is 0 Å². The van der Waals surface area contributed by atoms with Crippen LogP contribution in [0, 0.1) is 3.57 Å². The maximum Gasteiger partial charge on any atom is 0.264 e. The van der Waals surface area contributed by atoms with Crippen LogP contribution in [0.1, 0.15) is 32.3 Å². The highest BCUT2D eigenvalue weighted by Gasteiger charge is 2.19. The highest BCUT2D eigenvalue weighted by Crippen LogP contribution is 2.18. The molecule has 0 spiro atoms. The number of methoxy groups -OCH3 is 1. The van der Waals surface area contributed by atoms with Crippen LogP contribution >= 0.6 is 22.6 Å². The van der Waals surface area contributed by atoms with Crippen molar-refractivity contribution in [2.24, 2.45) is 0 Å². The van der Waals surface area contributed by atoms with Gasteiger partial charge in [0.25, 0.3) is 5.56 Å². The van der Waals surface area contributed by atoms with E-state index in [0.29, 0.717) is 21.7 Å². The Morgan fingerprint density at radius 3 is 2.53 bits per heavy atom. The molecule has 1 rings (SSSR count). The lowest BCUT2D eigenvalue weighted by molar-refractivity contribution is 0.180. The molecule has 0 aliphatic rings. The SMILES string of the molecule is COCc1nc(C(C)(C)C)[nH]c(=O)c1I. The summed E-state index contributed by atoms with van der Waals surface area (Å²) >= 11 is 1.99. The van der Waals surface area contributed by atoms with Gasteiger partial charge in [0.1, 0.15) is 9.39 Å². The lowest BCUT2D eigenvalue weighted by atomic mass is 9.96. The van der Waals surface area contributed by atoms with E-state index in [1.54, 1.807) is 7.11 Å². The Bertz CT molecular complexity index is 407. The van der Waals surface area contributed by atoms with Crippen molar-refractivity contribution in [3.05, 3.63) is 25.4 Å². The average molecular weight is 322 g/mol. The third-order valence-electron chi connectivity index (χ3n) is 1.92. The molecule has 0 radical (unpaired) electrons. The molecule has 0 atom stereocenters. The highest BCUT2D eigenvalue weighted by atomic mass is 127. The topological polar surface area (TPSA) is 55.0 Å². The van der Waals surface area contributed by atoms with Gasteiger partial charge in [0.2, 0.25) is 0 Å². The van der Waals surface area contributed by atoms with Crippen molar-refractivity contribution < 1.29 is 4.74 Å². The molecule has 0 fully saturated rings. The minimum Gasteiger partial charge on any atom is -0.378 e. The summed E-state index contributed by atoms with van der Waals surface area (Å²) in [5.74, 6) is 0.694. The Kier molecular flexibility index (Phi) is 3.88. The summed E-state index contributed by atoms with van der Waals surface area (Å²) in [6.45, 7) is 6.39. The van der Waals surface area contributed by atoms with Crippen LogP contribution in [0.2, 0.25) is 0 Å². The normalized spacial score (nSPS) is 11.8. The fourth-order valence-electron chi connectivity index (χ4n) is 1.09. The van der Waals surface area contributed by atoms with Gasteiger partial charge < -0.3 is 9.72 Å². The molecule has 0 saturated heterocycles. The number of halogens is 1. The number of ether oxygens (including phenoxy) is 1. The van der Waals surface area contributed by atoms with Gasteiger partial charge in [-0.3, -0.25) is 4.79 Å². The second kappa shape index (κ2) is 4.61. The highest BCUT2D eigenvalue weighted by molar-refractivity contribution is 14.1. The summed E-state index contributed by atoms with van der Waals surface area (Å²) in [5.41, 5.74) is 0.445. The first kappa shape index (κ1) is 12.6. The van der Waals surface area contributed by atoms with E-state index in [2.05, 4.69) is 9.97 Å². The first-order valence-electron chi connectivity index (χ1n) is 4.64. The molecule has 4 nitrogen and oxygen atoms in total. The van der Waals surface area contributed by atoms with Crippen molar-refractivity contribution in [3.8, 4) is 0 Å². The van der Waals surface area contributed by atoms with Gasteiger partial charge in [-0.05, 0) is 22.6 Å². The molecular formula is C10H15IN2O2. The predicted octanol–water partition coefficient (Wildman–Crippen LogP) is 1.82. The zero-order valence-corrected chi connectivity index (χ0v) is 11.5. The van der Waals surface area contributed by atoms with Crippen LogP contribution in [0.15, 0.2) is 4.79 Å². The van der Waals surface area contributed by atoms with Gasteiger partial charge in [0.05, 0.1) is 12.3 Å². The summed E-state index contributed by atoms with van der Waals surface area (Å²) in [5, 5.41) is 0. The number of hydrogen-bond acceptors (Lipinski definition) is 3. The quantitative estimate of drug-likeness (QED) is 0.845. The maximum atomic E-state index is 11.6. The molecule has 0 bridgehead atoms. The van der Waals surface area contributed by atoms with Crippen molar-refractivity contribution in [2.75, 3.05) is 7.11 Å². The third-order valence-corrected chi connectivity index (χ3v) is 3.04. The van der Waals surface area contributed by atoms with Crippen LogP contribution in [0.3, 0.4) is 0 Å². The molecule has 1 heterocycles. The van der Waals surface area contributed by atoms with E-state index in [-0.39, 0.29) is 11.0 Å². The molecule has 0 aromatic carbocycles. The number of rotatable bonds is 2. The van der Waals surface area contributed by atoms with E-state index in [1.807, 2.05) is 43.4 Å². The van der Waals surface area contributed by atoms with Crippen LogP contribution in [0.5, 0.6) is 0 Å². The second-order valence-electron chi connectivity index (χ2n) is 4.36. The minimum absolute atomic E-state index is 0.0948. The first-order chi connectivity index (χ1) is 6.86. The average Bonchev–Trinajstić information content (AvgIpc) is 2.11. The number of aromatic amines is 1. The van der Waals surface area contributed by atoms with Crippen LogP contribution in [0.25, 0.3) is 0 Å². The van der Waals surface area contributed by atoms with E-state index in [0.717, 1.165) is 0 Å². The molecule has 0 aliphatic carbocycles. The van der Waals surface area contributed by atoms with Gasteiger partial charge in [-0.2, -0.15) is 0 Å². The van der Waals surface area contributed by atoms with E-state index in [1.165, 1.54) is 0 Å². The van der Waals surface area contributed by atoms with E-state index >= 15 is 0 Å². The number of nitrogens with zero attached hydrogens (tertiary/aromatic N) is 1. The third kappa shape index (κ3) is 3.01. The molecule has 0 unspecified atom stereocenters. The monoisotopic (exact) mass is 322 g/mol. The fourth-order valence-corrected chi connectivity index (χ4v) is 1.50. The largest absolute Gasteiger partial charge is 0.378 e. The Labute approximate surface area is 103 Å². The molecule has 84 valence electrons. The van der Waals surface area contributed by atoms with Crippen molar-refractivity contribution in [2.45, 2.75) is 32.8 Å². The standard InChI is InChI=1S/C10H15IN2O2/c1-10(2,3)9-12-6(5-15-4)7(11)8(14)13-9/h5H2,1-4H3,(H,12,13,14). The molecule has 15 heavy (non-hydrogen) atoms. The lowest BCUT2D eigenvalue weighted by Crippen LogP contribution is -2.25. The summed E-state index contributed by atoms with van der Waals surface area (Å²) in [6, 6.07) is 0. The zero-order chi connectivity index (χ0) is 11.6. The molecule has 0 amide bonds. The van der Waals surface area contributed by atoms with Crippen molar-refractivity contribution in [1.29, 1.82) is 0 Å².